The summed E-state index contributed by atoms with van der Waals surface area (Å²) >= 11 is 0. The number of hydrogen-bond donors (Lipinski definition) is 1. The van der Waals surface area contributed by atoms with Gasteiger partial charge < -0.3 is 10.0 Å². The summed E-state index contributed by atoms with van der Waals surface area (Å²) in [5, 5.41) is 9.07. The largest absolute Gasteiger partial charge is 0.481 e. The Hall–Kier alpha value is -1.91. The first-order valence-corrected chi connectivity index (χ1v) is 7.28. The van der Waals surface area contributed by atoms with E-state index < -0.39 is 17.7 Å². The van der Waals surface area contributed by atoms with Crippen LogP contribution in [0.3, 0.4) is 0 Å². The molecule has 1 fully saturated rings. The van der Waals surface area contributed by atoms with E-state index in [9.17, 15) is 14.0 Å². The minimum atomic E-state index is -0.912. The Morgan fingerprint density at radius 2 is 1.86 bits per heavy atom. The molecule has 1 N–H and O–H groups in total. The summed E-state index contributed by atoms with van der Waals surface area (Å²) in [4.78, 5) is 25.3. The molecule has 1 unspecified atom stereocenters. The van der Waals surface area contributed by atoms with E-state index in [1.165, 1.54) is 24.3 Å². The Morgan fingerprint density at radius 1 is 1.29 bits per heavy atom. The molecule has 0 spiro atoms. The van der Waals surface area contributed by atoms with Gasteiger partial charge in [-0.25, -0.2) is 4.39 Å². The zero-order valence-corrected chi connectivity index (χ0v) is 12.1. The standard InChI is InChI=1S/C16H20FNO3/c1-11(16(20)21)10-18(14-4-2-3-5-14)15(19)12-6-8-13(17)9-7-12/h6-9,11,14H,2-5,10H2,1H3,(H,20,21). The molecule has 1 atom stereocenters. The van der Waals surface area contributed by atoms with E-state index in [-0.39, 0.29) is 18.5 Å². The molecule has 1 aliphatic carbocycles. The quantitative estimate of drug-likeness (QED) is 0.908. The van der Waals surface area contributed by atoms with Gasteiger partial charge in [-0.2, -0.15) is 0 Å². The number of amides is 1. The zero-order valence-electron chi connectivity index (χ0n) is 12.1. The molecular formula is C16H20FNO3. The van der Waals surface area contributed by atoms with Gasteiger partial charge in [-0.05, 0) is 37.1 Å². The molecule has 2 rings (SSSR count). The summed E-state index contributed by atoms with van der Waals surface area (Å²) in [5.41, 5.74) is 0.404. The molecule has 1 aromatic rings. The van der Waals surface area contributed by atoms with Gasteiger partial charge in [0.1, 0.15) is 5.82 Å². The van der Waals surface area contributed by atoms with E-state index in [0.717, 1.165) is 25.7 Å². The second-order valence-electron chi connectivity index (χ2n) is 5.64. The van der Waals surface area contributed by atoms with Crippen molar-refractivity contribution in [3.63, 3.8) is 0 Å². The first-order valence-electron chi connectivity index (χ1n) is 7.28. The fourth-order valence-corrected chi connectivity index (χ4v) is 2.75. The van der Waals surface area contributed by atoms with E-state index in [0.29, 0.717) is 5.56 Å². The number of carboxylic acids is 1. The van der Waals surface area contributed by atoms with Crippen molar-refractivity contribution in [2.45, 2.75) is 38.6 Å². The number of rotatable bonds is 5. The van der Waals surface area contributed by atoms with Crippen LogP contribution >= 0.6 is 0 Å². The molecule has 21 heavy (non-hydrogen) atoms. The molecule has 0 bridgehead atoms. The molecule has 1 amide bonds. The third-order valence-corrected chi connectivity index (χ3v) is 4.01. The highest BCUT2D eigenvalue weighted by Crippen LogP contribution is 2.26. The van der Waals surface area contributed by atoms with Gasteiger partial charge in [-0.3, -0.25) is 9.59 Å². The lowest BCUT2D eigenvalue weighted by Gasteiger charge is -2.30. The maximum absolute atomic E-state index is 13.0. The smallest absolute Gasteiger partial charge is 0.308 e. The fourth-order valence-electron chi connectivity index (χ4n) is 2.75. The lowest BCUT2D eigenvalue weighted by atomic mass is 10.1. The Balaban J connectivity index is 2.19. The van der Waals surface area contributed by atoms with Crippen LogP contribution in [0.2, 0.25) is 0 Å². The highest BCUT2D eigenvalue weighted by atomic mass is 19.1. The summed E-state index contributed by atoms with van der Waals surface area (Å²) in [6.45, 7) is 1.79. The topological polar surface area (TPSA) is 57.6 Å². The molecule has 1 aromatic carbocycles. The second kappa shape index (κ2) is 6.70. The van der Waals surface area contributed by atoms with Crippen molar-refractivity contribution in [3.05, 3.63) is 35.6 Å². The van der Waals surface area contributed by atoms with Crippen LogP contribution in [0.25, 0.3) is 0 Å². The van der Waals surface area contributed by atoms with Crippen molar-refractivity contribution in [1.82, 2.24) is 4.90 Å². The summed E-state index contributed by atoms with van der Waals surface area (Å²) in [7, 11) is 0. The lowest BCUT2D eigenvalue weighted by Crippen LogP contribution is -2.43. The van der Waals surface area contributed by atoms with Crippen molar-refractivity contribution in [2.24, 2.45) is 5.92 Å². The van der Waals surface area contributed by atoms with Crippen LogP contribution in [0, 0.1) is 11.7 Å². The lowest BCUT2D eigenvalue weighted by molar-refractivity contribution is -0.141. The first-order chi connectivity index (χ1) is 9.99. The average Bonchev–Trinajstić information content (AvgIpc) is 2.98. The monoisotopic (exact) mass is 293 g/mol. The van der Waals surface area contributed by atoms with Gasteiger partial charge in [0.15, 0.2) is 0 Å². The summed E-state index contributed by atoms with van der Waals surface area (Å²) in [6, 6.07) is 5.49. The minimum Gasteiger partial charge on any atom is -0.481 e. The van der Waals surface area contributed by atoms with Crippen LogP contribution in [0.1, 0.15) is 43.0 Å². The molecule has 5 heteroatoms. The van der Waals surface area contributed by atoms with Crippen LogP contribution < -0.4 is 0 Å². The number of aliphatic carboxylic acids is 1. The Morgan fingerprint density at radius 3 is 2.38 bits per heavy atom. The molecule has 0 saturated heterocycles. The van der Waals surface area contributed by atoms with Crippen molar-refractivity contribution in [3.8, 4) is 0 Å². The van der Waals surface area contributed by atoms with Crippen molar-refractivity contribution in [2.75, 3.05) is 6.54 Å². The molecule has 0 radical (unpaired) electrons. The molecule has 0 aromatic heterocycles. The van der Waals surface area contributed by atoms with Crippen molar-refractivity contribution < 1.29 is 19.1 Å². The van der Waals surface area contributed by atoms with Gasteiger partial charge in [0, 0.05) is 18.2 Å². The molecule has 0 heterocycles. The third kappa shape index (κ3) is 3.80. The molecule has 4 nitrogen and oxygen atoms in total. The molecule has 0 aliphatic heterocycles. The van der Waals surface area contributed by atoms with Gasteiger partial charge >= 0.3 is 5.97 Å². The van der Waals surface area contributed by atoms with Crippen LogP contribution in [0.4, 0.5) is 4.39 Å². The predicted molar refractivity (Wildman–Crippen MR) is 76.5 cm³/mol. The Bertz CT molecular complexity index is 509. The number of benzene rings is 1. The van der Waals surface area contributed by atoms with Crippen LogP contribution in [-0.4, -0.2) is 34.5 Å². The van der Waals surface area contributed by atoms with Gasteiger partial charge in [0.25, 0.3) is 5.91 Å². The molecule has 1 saturated carbocycles. The summed E-state index contributed by atoms with van der Waals surface area (Å²) < 4.78 is 13.0. The number of carboxylic acid groups (broad SMARTS) is 1. The number of halogens is 1. The highest BCUT2D eigenvalue weighted by molar-refractivity contribution is 5.94. The fraction of sp³-hybridized carbons (Fsp3) is 0.500. The van der Waals surface area contributed by atoms with Gasteiger partial charge in [-0.15, -0.1) is 0 Å². The van der Waals surface area contributed by atoms with Crippen LogP contribution in [-0.2, 0) is 4.79 Å². The first kappa shape index (κ1) is 15.5. The van der Waals surface area contributed by atoms with Crippen LogP contribution in [0.5, 0.6) is 0 Å². The number of carbonyl (C=O) groups excluding carboxylic acids is 1. The van der Waals surface area contributed by atoms with E-state index in [1.807, 2.05) is 0 Å². The average molecular weight is 293 g/mol. The number of carbonyl (C=O) groups is 2. The SMILES string of the molecule is CC(CN(C(=O)c1ccc(F)cc1)C1CCCC1)C(=O)O. The highest BCUT2D eigenvalue weighted by Gasteiger charge is 2.30. The Kier molecular flexibility index (Phi) is 4.94. The van der Waals surface area contributed by atoms with E-state index >= 15 is 0 Å². The molecular weight excluding hydrogens is 273 g/mol. The van der Waals surface area contributed by atoms with Gasteiger partial charge in [-0.1, -0.05) is 19.8 Å². The predicted octanol–water partition coefficient (Wildman–Crippen LogP) is 2.93. The zero-order chi connectivity index (χ0) is 15.4. The number of hydrogen-bond acceptors (Lipinski definition) is 2. The molecule has 114 valence electrons. The van der Waals surface area contributed by atoms with E-state index in [1.54, 1.807) is 11.8 Å². The van der Waals surface area contributed by atoms with Crippen LogP contribution in [0.15, 0.2) is 24.3 Å². The van der Waals surface area contributed by atoms with E-state index in [4.69, 9.17) is 5.11 Å². The van der Waals surface area contributed by atoms with Crippen molar-refractivity contribution in [1.29, 1.82) is 0 Å². The third-order valence-electron chi connectivity index (χ3n) is 4.01. The van der Waals surface area contributed by atoms with Crippen molar-refractivity contribution >= 4 is 11.9 Å². The maximum Gasteiger partial charge on any atom is 0.308 e. The maximum atomic E-state index is 13.0. The van der Waals surface area contributed by atoms with Gasteiger partial charge in [0.2, 0.25) is 0 Å². The normalized spacial score (nSPS) is 16.7. The Labute approximate surface area is 123 Å². The van der Waals surface area contributed by atoms with Gasteiger partial charge in [0.05, 0.1) is 5.92 Å². The van der Waals surface area contributed by atoms with E-state index in [2.05, 4.69) is 0 Å². The summed E-state index contributed by atoms with van der Waals surface area (Å²) in [6.07, 6.45) is 3.91. The number of nitrogens with zero attached hydrogens (tertiary/aromatic N) is 1. The second-order valence-corrected chi connectivity index (χ2v) is 5.64. The summed E-state index contributed by atoms with van der Waals surface area (Å²) in [5.74, 6) is -2.13. The molecule has 1 aliphatic rings. The minimum absolute atomic E-state index is 0.0874.